The highest BCUT2D eigenvalue weighted by Crippen LogP contribution is 2.12. The van der Waals surface area contributed by atoms with Gasteiger partial charge in [-0.1, -0.05) is 17.3 Å². The van der Waals surface area contributed by atoms with E-state index in [2.05, 4.69) is 11.2 Å². The van der Waals surface area contributed by atoms with Crippen LogP contribution in [0.5, 0.6) is 0 Å². The Hall–Kier alpha value is -2.02. The van der Waals surface area contributed by atoms with E-state index in [1.165, 1.54) is 6.21 Å². The monoisotopic (exact) mass is 203 g/mol. The van der Waals surface area contributed by atoms with Gasteiger partial charge < -0.3 is 10.1 Å². The number of rotatable bonds is 4. The fourth-order valence-electron chi connectivity index (χ4n) is 1.23. The summed E-state index contributed by atoms with van der Waals surface area (Å²) in [4.78, 5) is 2.00. The first-order valence-corrected chi connectivity index (χ1v) is 4.63. The SMILES string of the molecule is CN(CCC#N)c1ccc(C=NO)cc1. The van der Waals surface area contributed by atoms with Gasteiger partial charge in [0.05, 0.1) is 18.7 Å². The highest BCUT2D eigenvalue weighted by molar-refractivity contribution is 5.79. The van der Waals surface area contributed by atoms with Gasteiger partial charge in [0, 0.05) is 19.3 Å². The Balaban J connectivity index is 2.67. The molecule has 4 heteroatoms. The molecule has 4 nitrogen and oxygen atoms in total. The number of oxime groups is 1. The number of hydrogen-bond acceptors (Lipinski definition) is 4. The average molecular weight is 203 g/mol. The lowest BCUT2D eigenvalue weighted by molar-refractivity contribution is 0.322. The minimum atomic E-state index is 0.510. The van der Waals surface area contributed by atoms with Crippen molar-refractivity contribution in [1.29, 1.82) is 5.26 Å². The molecular formula is C11H13N3O. The van der Waals surface area contributed by atoms with Gasteiger partial charge in [-0.05, 0) is 17.7 Å². The van der Waals surface area contributed by atoms with Crippen LogP contribution in [0.4, 0.5) is 5.69 Å². The Labute approximate surface area is 89.1 Å². The zero-order valence-electron chi connectivity index (χ0n) is 8.59. The van der Waals surface area contributed by atoms with E-state index in [-0.39, 0.29) is 0 Å². The summed E-state index contributed by atoms with van der Waals surface area (Å²) in [5, 5.41) is 19.7. The van der Waals surface area contributed by atoms with E-state index < -0.39 is 0 Å². The third kappa shape index (κ3) is 3.31. The first-order valence-electron chi connectivity index (χ1n) is 4.63. The number of nitriles is 1. The van der Waals surface area contributed by atoms with Crippen molar-refractivity contribution >= 4 is 11.9 Å². The molecule has 0 aliphatic carbocycles. The van der Waals surface area contributed by atoms with Crippen molar-refractivity contribution in [3.05, 3.63) is 29.8 Å². The van der Waals surface area contributed by atoms with Crippen molar-refractivity contribution in [3.63, 3.8) is 0 Å². The summed E-state index contributed by atoms with van der Waals surface area (Å²) in [7, 11) is 1.94. The third-order valence-corrected chi connectivity index (χ3v) is 2.10. The van der Waals surface area contributed by atoms with Crippen LogP contribution < -0.4 is 4.90 Å². The van der Waals surface area contributed by atoms with E-state index in [0.717, 1.165) is 11.3 Å². The zero-order chi connectivity index (χ0) is 11.1. The van der Waals surface area contributed by atoms with Crippen molar-refractivity contribution in [2.75, 3.05) is 18.5 Å². The van der Waals surface area contributed by atoms with Crippen molar-refractivity contribution in [1.82, 2.24) is 0 Å². The van der Waals surface area contributed by atoms with Crippen LogP contribution >= 0.6 is 0 Å². The molecule has 0 radical (unpaired) electrons. The summed E-state index contributed by atoms with van der Waals surface area (Å²) < 4.78 is 0. The van der Waals surface area contributed by atoms with E-state index in [0.29, 0.717) is 13.0 Å². The van der Waals surface area contributed by atoms with Crippen molar-refractivity contribution < 1.29 is 5.21 Å². The van der Waals surface area contributed by atoms with E-state index in [1.54, 1.807) is 0 Å². The molecule has 0 bridgehead atoms. The minimum absolute atomic E-state index is 0.510. The smallest absolute Gasteiger partial charge is 0.0733 e. The lowest BCUT2D eigenvalue weighted by Crippen LogP contribution is -2.17. The molecule has 0 fully saturated rings. The zero-order valence-corrected chi connectivity index (χ0v) is 8.59. The molecule has 0 unspecified atom stereocenters. The summed E-state index contributed by atoms with van der Waals surface area (Å²) in [6.07, 6.45) is 1.88. The number of hydrogen-bond donors (Lipinski definition) is 1. The second-order valence-electron chi connectivity index (χ2n) is 3.17. The quantitative estimate of drug-likeness (QED) is 0.461. The second-order valence-corrected chi connectivity index (χ2v) is 3.17. The lowest BCUT2D eigenvalue weighted by Gasteiger charge is -2.17. The molecule has 0 spiro atoms. The van der Waals surface area contributed by atoms with Crippen LogP contribution in [-0.4, -0.2) is 25.0 Å². The fraction of sp³-hybridized carbons (Fsp3) is 0.273. The van der Waals surface area contributed by atoms with Gasteiger partial charge in [-0.25, -0.2) is 0 Å². The van der Waals surface area contributed by atoms with E-state index in [4.69, 9.17) is 10.5 Å². The van der Waals surface area contributed by atoms with Crippen molar-refractivity contribution in [2.45, 2.75) is 6.42 Å². The van der Waals surface area contributed by atoms with Crippen LogP contribution in [0.3, 0.4) is 0 Å². The Kier molecular flexibility index (Phi) is 4.17. The molecule has 0 atom stereocenters. The molecule has 0 saturated carbocycles. The largest absolute Gasteiger partial charge is 0.411 e. The van der Waals surface area contributed by atoms with Crippen LogP contribution in [0.2, 0.25) is 0 Å². The first kappa shape index (κ1) is 11.1. The molecule has 1 aromatic rings. The molecule has 0 amide bonds. The van der Waals surface area contributed by atoms with Gasteiger partial charge in [0.15, 0.2) is 0 Å². The predicted octanol–water partition coefficient (Wildman–Crippen LogP) is 1.84. The Bertz CT molecular complexity index is 364. The van der Waals surface area contributed by atoms with Gasteiger partial charge in [0.1, 0.15) is 0 Å². The van der Waals surface area contributed by atoms with Gasteiger partial charge in [-0.15, -0.1) is 0 Å². The van der Waals surface area contributed by atoms with E-state index in [9.17, 15) is 0 Å². The first-order chi connectivity index (χ1) is 7.27. The second kappa shape index (κ2) is 5.66. The van der Waals surface area contributed by atoms with Crippen molar-refractivity contribution in [3.8, 4) is 6.07 Å². The topological polar surface area (TPSA) is 59.6 Å². The molecule has 78 valence electrons. The molecule has 1 rings (SSSR count). The standard InChI is InChI=1S/C11H13N3O/c1-14(8-2-7-12)11-5-3-10(4-6-11)9-13-15/h3-6,9,15H,2,8H2,1H3. The van der Waals surface area contributed by atoms with Crippen LogP contribution in [-0.2, 0) is 0 Å². The number of anilines is 1. The molecule has 0 heterocycles. The molecule has 1 aromatic carbocycles. The van der Waals surface area contributed by atoms with Crippen LogP contribution in [0.15, 0.2) is 29.4 Å². The minimum Gasteiger partial charge on any atom is -0.411 e. The van der Waals surface area contributed by atoms with Gasteiger partial charge >= 0.3 is 0 Å². The van der Waals surface area contributed by atoms with Gasteiger partial charge in [0.2, 0.25) is 0 Å². The number of nitrogens with zero attached hydrogens (tertiary/aromatic N) is 3. The summed E-state index contributed by atoms with van der Waals surface area (Å²) in [5.41, 5.74) is 1.88. The fourth-order valence-corrected chi connectivity index (χ4v) is 1.23. The van der Waals surface area contributed by atoms with Crippen LogP contribution in [0, 0.1) is 11.3 Å². The Morgan fingerprint density at radius 2 is 2.13 bits per heavy atom. The molecule has 0 aromatic heterocycles. The van der Waals surface area contributed by atoms with E-state index >= 15 is 0 Å². The Morgan fingerprint density at radius 3 is 2.67 bits per heavy atom. The lowest BCUT2D eigenvalue weighted by atomic mass is 10.2. The maximum atomic E-state index is 8.45. The maximum absolute atomic E-state index is 8.45. The third-order valence-electron chi connectivity index (χ3n) is 2.10. The molecule has 0 aliphatic heterocycles. The normalized spacial score (nSPS) is 10.1. The maximum Gasteiger partial charge on any atom is 0.0733 e. The summed E-state index contributed by atoms with van der Waals surface area (Å²) in [6, 6.07) is 9.67. The van der Waals surface area contributed by atoms with Crippen LogP contribution in [0.1, 0.15) is 12.0 Å². The van der Waals surface area contributed by atoms with Gasteiger partial charge in [-0.3, -0.25) is 0 Å². The average Bonchev–Trinajstić information content (AvgIpc) is 2.27. The summed E-state index contributed by atoms with van der Waals surface area (Å²) in [5.74, 6) is 0. The summed E-state index contributed by atoms with van der Waals surface area (Å²) in [6.45, 7) is 0.712. The highest BCUT2D eigenvalue weighted by Gasteiger charge is 1.99. The molecular weight excluding hydrogens is 190 g/mol. The van der Waals surface area contributed by atoms with Gasteiger partial charge in [-0.2, -0.15) is 5.26 Å². The molecule has 1 N–H and O–H groups in total. The molecule has 15 heavy (non-hydrogen) atoms. The van der Waals surface area contributed by atoms with Gasteiger partial charge in [0.25, 0.3) is 0 Å². The predicted molar refractivity (Wildman–Crippen MR) is 59.3 cm³/mol. The van der Waals surface area contributed by atoms with Crippen LogP contribution in [0.25, 0.3) is 0 Å². The number of benzene rings is 1. The Morgan fingerprint density at radius 1 is 1.47 bits per heavy atom. The molecule has 0 aliphatic rings. The van der Waals surface area contributed by atoms with Crippen molar-refractivity contribution in [2.24, 2.45) is 5.16 Å². The molecule has 0 saturated heterocycles. The summed E-state index contributed by atoms with van der Waals surface area (Å²) >= 11 is 0. The van der Waals surface area contributed by atoms with E-state index in [1.807, 2.05) is 36.2 Å². The highest BCUT2D eigenvalue weighted by atomic mass is 16.4.